The van der Waals surface area contributed by atoms with E-state index >= 15 is 0 Å². The molecule has 8 nitrogen and oxygen atoms in total. The molecule has 0 aliphatic heterocycles. The number of nitrogens with zero attached hydrogens (tertiary/aromatic N) is 2. The van der Waals surface area contributed by atoms with Gasteiger partial charge in [-0.25, -0.2) is 14.4 Å². The maximum Gasteiger partial charge on any atom is 0.410 e. The van der Waals surface area contributed by atoms with Gasteiger partial charge in [-0.15, -0.1) is 0 Å². The highest BCUT2D eigenvalue weighted by Crippen LogP contribution is 2.45. The van der Waals surface area contributed by atoms with E-state index in [9.17, 15) is 19.5 Å². The van der Waals surface area contributed by atoms with Gasteiger partial charge in [-0.3, -0.25) is 0 Å². The van der Waals surface area contributed by atoms with Crippen LogP contribution in [0.5, 0.6) is 0 Å². The molecule has 2 amide bonds. The summed E-state index contributed by atoms with van der Waals surface area (Å²) in [6, 6.07) is 17.1. The van der Waals surface area contributed by atoms with Gasteiger partial charge in [0.1, 0.15) is 11.2 Å². The molecule has 0 saturated heterocycles. The van der Waals surface area contributed by atoms with Crippen molar-refractivity contribution in [3.63, 3.8) is 0 Å². The van der Waals surface area contributed by atoms with E-state index in [0.717, 1.165) is 44.1 Å². The van der Waals surface area contributed by atoms with Crippen molar-refractivity contribution in [2.24, 2.45) is 11.8 Å². The fourth-order valence-corrected chi connectivity index (χ4v) is 6.36. The highest BCUT2D eigenvalue weighted by Gasteiger charge is 2.47. The van der Waals surface area contributed by atoms with E-state index in [1.54, 1.807) is 29.2 Å². The number of benzene rings is 2. The van der Waals surface area contributed by atoms with Crippen LogP contribution in [-0.2, 0) is 16.0 Å². The van der Waals surface area contributed by atoms with Crippen LogP contribution in [0.1, 0.15) is 108 Å². The lowest BCUT2D eigenvalue weighted by Gasteiger charge is -2.39. The van der Waals surface area contributed by atoms with Crippen LogP contribution in [0.4, 0.5) is 9.59 Å². The SMILES string of the molecule is CCC(=Cc1ccccc1)C1CC1N(CC1CCC(N(Cc2ccc(C(=O)O)cc2)C(=O)OC(C)(C)C)CC1)C(=O)OC(C)(C)C. The first-order chi connectivity index (χ1) is 21.6. The molecule has 2 unspecified atom stereocenters. The van der Waals surface area contributed by atoms with Crippen molar-refractivity contribution in [2.45, 2.75) is 117 Å². The third kappa shape index (κ3) is 10.1. The number of carbonyl (C=O) groups excluding carboxylic acids is 2. The Morgan fingerprint density at radius 3 is 1.91 bits per heavy atom. The zero-order chi connectivity index (χ0) is 33.6. The summed E-state index contributed by atoms with van der Waals surface area (Å²) in [6.07, 6.45) is 6.85. The maximum absolute atomic E-state index is 13.6. The third-order valence-electron chi connectivity index (χ3n) is 8.71. The summed E-state index contributed by atoms with van der Waals surface area (Å²) in [6.45, 7) is 14.5. The lowest BCUT2D eigenvalue weighted by molar-refractivity contribution is 0.00499. The topological polar surface area (TPSA) is 96.4 Å². The Kier molecular flexibility index (Phi) is 11.2. The molecule has 2 atom stereocenters. The van der Waals surface area contributed by atoms with E-state index in [1.807, 2.05) is 64.6 Å². The largest absolute Gasteiger partial charge is 0.478 e. The van der Waals surface area contributed by atoms with Gasteiger partial charge in [0, 0.05) is 31.1 Å². The minimum atomic E-state index is -0.982. The van der Waals surface area contributed by atoms with Crippen LogP contribution in [0.15, 0.2) is 60.2 Å². The van der Waals surface area contributed by atoms with Gasteiger partial charge in [0.2, 0.25) is 0 Å². The van der Waals surface area contributed by atoms with Gasteiger partial charge < -0.3 is 24.4 Å². The van der Waals surface area contributed by atoms with Crippen LogP contribution >= 0.6 is 0 Å². The number of hydrogen-bond acceptors (Lipinski definition) is 5. The smallest absolute Gasteiger partial charge is 0.410 e. The zero-order valence-electron chi connectivity index (χ0n) is 28.6. The molecule has 4 rings (SSSR count). The van der Waals surface area contributed by atoms with Crippen molar-refractivity contribution in [2.75, 3.05) is 6.54 Å². The summed E-state index contributed by atoms with van der Waals surface area (Å²) in [5.41, 5.74) is 2.38. The lowest BCUT2D eigenvalue weighted by atomic mass is 9.84. The second-order valence-electron chi connectivity index (χ2n) is 14.8. The molecule has 8 heteroatoms. The molecule has 0 bridgehead atoms. The molecule has 2 aliphatic rings. The molecule has 250 valence electrons. The van der Waals surface area contributed by atoms with Crippen molar-refractivity contribution >= 4 is 24.2 Å². The molecule has 46 heavy (non-hydrogen) atoms. The molecule has 2 aromatic carbocycles. The predicted molar refractivity (Wildman–Crippen MR) is 180 cm³/mol. The summed E-state index contributed by atoms with van der Waals surface area (Å²) in [5.74, 6) is -0.363. The lowest BCUT2D eigenvalue weighted by Crippen LogP contribution is -2.46. The Morgan fingerprint density at radius 2 is 1.39 bits per heavy atom. The van der Waals surface area contributed by atoms with E-state index in [2.05, 4.69) is 25.1 Å². The Balaban J connectivity index is 1.46. The minimum absolute atomic E-state index is 0.0191. The van der Waals surface area contributed by atoms with Gasteiger partial charge >= 0.3 is 18.2 Å². The van der Waals surface area contributed by atoms with Crippen molar-refractivity contribution < 1.29 is 29.0 Å². The van der Waals surface area contributed by atoms with E-state index in [1.165, 1.54) is 11.1 Å². The number of aromatic carboxylic acids is 1. The Bertz CT molecular complexity index is 1360. The summed E-state index contributed by atoms with van der Waals surface area (Å²) in [5, 5.41) is 9.29. The molecule has 1 N–H and O–H groups in total. The second kappa shape index (κ2) is 14.7. The number of amides is 2. The quantitative estimate of drug-likeness (QED) is 0.281. The molecule has 2 fully saturated rings. The fraction of sp³-hybridized carbons (Fsp3) is 0.553. The molecular formula is C38H52N2O6. The van der Waals surface area contributed by atoms with Crippen LogP contribution < -0.4 is 0 Å². The molecular weight excluding hydrogens is 580 g/mol. The normalized spacial score (nSPS) is 21.7. The van der Waals surface area contributed by atoms with E-state index in [0.29, 0.717) is 24.9 Å². The van der Waals surface area contributed by atoms with Gasteiger partial charge in [-0.05, 0) is 109 Å². The summed E-state index contributed by atoms with van der Waals surface area (Å²) >= 11 is 0. The molecule has 0 heterocycles. The Morgan fingerprint density at radius 1 is 0.826 bits per heavy atom. The first-order valence-electron chi connectivity index (χ1n) is 16.7. The highest BCUT2D eigenvalue weighted by atomic mass is 16.6. The highest BCUT2D eigenvalue weighted by molar-refractivity contribution is 5.87. The number of carbonyl (C=O) groups is 3. The fourth-order valence-electron chi connectivity index (χ4n) is 6.36. The second-order valence-corrected chi connectivity index (χ2v) is 14.8. The van der Waals surface area contributed by atoms with Crippen molar-refractivity contribution in [1.82, 2.24) is 9.80 Å². The number of ether oxygens (including phenoxy) is 2. The van der Waals surface area contributed by atoms with E-state index in [4.69, 9.17) is 9.47 Å². The van der Waals surface area contributed by atoms with Crippen LogP contribution in [0, 0.1) is 11.8 Å². The average molecular weight is 633 g/mol. The Hall–Kier alpha value is -3.81. The minimum Gasteiger partial charge on any atom is -0.478 e. The van der Waals surface area contributed by atoms with Crippen LogP contribution in [0.3, 0.4) is 0 Å². The monoisotopic (exact) mass is 632 g/mol. The molecule has 2 aliphatic carbocycles. The van der Waals surface area contributed by atoms with Gasteiger partial charge in [0.05, 0.1) is 5.56 Å². The van der Waals surface area contributed by atoms with Crippen molar-refractivity contribution in [1.29, 1.82) is 0 Å². The first-order valence-corrected chi connectivity index (χ1v) is 16.7. The van der Waals surface area contributed by atoms with E-state index in [-0.39, 0.29) is 29.8 Å². The van der Waals surface area contributed by atoms with Crippen LogP contribution in [0.2, 0.25) is 0 Å². The number of hydrogen-bond donors (Lipinski definition) is 1. The van der Waals surface area contributed by atoms with Gasteiger partial charge in [-0.1, -0.05) is 61.0 Å². The molecule has 0 spiro atoms. The molecule has 2 aromatic rings. The van der Waals surface area contributed by atoms with Gasteiger partial charge in [0.15, 0.2) is 0 Å². The standard InChI is InChI=1S/C38H52N2O6/c1-8-29(22-26-12-10-9-11-13-26)32-23-33(32)40(36(44)46-38(5,6)7)25-28-16-20-31(21-17-28)39(35(43)45-37(2,3)4)24-27-14-18-30(19-15-27)34(41)42/h9-15,18-19,22,28,31-33H,8,16-17,20-21,23-25H2,1-7H3,(H,41,42). The number of carboxylic acids is 1. The Labute approximate surface area is 274 Å². The van der Waals surface area contributed by atoms with Crippen molar-refractivity contribution in [3.05, 3.63) is 76.9 Å². The molecule has 0 aromatic heterocycles. The summed E-state index contributed by atoms with van der Waals surface area (Å²) in [7, 11) is 0. The predicted octanol–water partition coefficient (Wildman–Crippen LogP) is 8.80. The molecule has 0 radical (unpaired) electrons. The number of rotatable bonds is 10. The maximum atomic E-state index is 13.6. The summed E-state index contributed by atoms with van der Waals surface area (Å²) in [4.78, 5) is 42.1. The molecule has 2 saturated carbocycles. The van der Waals surface area contributed by atoms with Gasteiger partial charge in [0.25, 0.3) is 0 Å². The number of carboxylic acid groups (broad SMARTS) is 1. The van der Waals surface area contributed by atoms with E-state index < -0.39 is 17.2 Å². The summed E-state index contributed by atoms with van der Waals surface area (Å²) < 4.78 is 11.7. The van der Waals surface area contributed by atoms with Crippen LogP contribution in [0.25, 0.3) is 6.08 Å². The third-order valence-corrected chi connectivity index (χ3v) is 8.71. The zero-order valence-corrected chi connectivity index (χ0v) is 28.6. The first kappa shape index (κ1) is 35.1. The van der Waals surface area contributed by atoms with Crippen molar-refractivity contribution in [3.8, 4) is 0 Å². The van der Waals surface area contributed by atoms with Gasteiger partial charge in [-0.2, -0.15) is 0 Å². The average Bonchev–Trinajstić information content (AvgIpc) is 3.77. The van der Waals surface area contributed by atoms with Crippen LogP contribution in [-0.4, -0.2) is 62.9 Å².